The number of aromatic nitrogens is 2. The lowest BCUT2D eigenvalue weighted by Crippen LogP contribution is -1.96. The Balaban J connectivity index is 1.94. The van der Waals surface area contributed by atoms with Gasteiger partial charge in [0.05, 0.1) is 11.0 Å². The Bertz CT molecular complexity index is 918. The van der Waals surface area contributed by atoms with Gasteiger partial charge < -0.3 is 4.98 Å². The van der Waals surface area contributed by atoms with Crippen molar-refractivity contribution in [2.24, 2.45) is 0 Å². The van der Waals surface area contributed by atoms with E-state index in [9.17, 15) is 0 Å². The predicted octanol–water partition coefficient (Wildman–Crippen LogP) is 4.62. The molecule has 0 saturated heterocycles. The van der Waals surface area contributed by atoms with Gasteiger partial charge in [-0.3, -0.25) is 0 Å². The summed E-state index contributed by atoms with van der Waals surface area (Å²) in [5.74, 6) is 2.06. The van der Waals surface area contributed by atoms with Gasteiger partial charge in [-0.05, 0) is 36.5 Å². The van der Waals surface area contributed by atoms with Gasteiger partial charge in [-0.15, -0.1) is 0 Å². The second kappa shape index (κ2) is 4.57. The molecule has 0 bridgehead atoms. The normalized spacial score (nSPS) is 16.2. The van der Waals surface area contributed by atoms with Gasteiger partial charge in [-0.2, -0.15) is 0 Å². The van der Waals surface area contributed by atoms with Crippen LogP contribution < -0.4 is 0 Å². The van der Waals surface area contributed by atoms with E-state index in [1.165, 1.54) is 21.5 Å². The third-order valence-electron chi connectivity index (χ3n) is 4.31. The molecular weight excluding hydrogens is 268 g/mol. The Hall–Kier alpha value is -2.35. The number of imidazole rings is 1. The van der Waals surface area contributed by atoms with Crippen molar-refractivity contribution in [3.63, 3.8) is 0 Å². The molecule has 0 unspecified atom stereocenters. The molecule has 0 spiro atoms. The van der Waals surface area contributed by atoms with Crippen LogP contribution in [0.1, 0.15) is 5.82 Å². The quantitative estimate of drug-likeness (QED) is 0.507. The molecule has 2 heteroatoms. The molecule has 1 saturated carbocycles. The Morgan fingerprint density at radius 2 is 1.27 bits per heavy atom. The fourth-order valence-corrected chi connectivity index (χ4v) is 3.29. The summed E-state index contributed by atoms with van der Waals surface area (Å²) in [6, 6.07) is 17.0. The Morgan fingerprint density at radius 3 is 2.00 bits per heavy atom. The summed E-state index contributed by atoms with van der Waals surface area (Å²) in [6.45, 7) is 0. The smallest absolute Gasteiger partial charge is 0.115 e. The van der Waals surface area contributed by atoms with Crippen LogP contribution >= 0.6 is 0 Å². The van der Waals surface area contributed by atoms with Gasteiger partial charge in [0.2, 0.25) is 0 Å². The van der Waals surface area contributed by atoms with E-state index in [2.05, 4.69) is 66.4 Å². The van der Waals surface area contributed by atoms with Crippen molar-refractivity contribution in [2.45, 2.75) is 0 Å². The second-order valence-electron chi connectivity index (χ2n) is 5.57. The van der Waals surface area contributed by atoms with E-state index >= 15 is 0 Å². The van der Waals surface area contributed by atoms with E-state index in [1.54, 1.807) is 0 Å². The molecule has 2 nitrogen and oxygen atoms in total. The van der Waals surface area contributed by atoms with Crippen LogP contribution in [0.15, 0.2) is 48.5 Å². The van der Waals surface area contributed by atoms with E-state index in [-0.39, 0.29) is 0 Å². The topological polar surface area (TPSA) is 28.7 Å². The van der Waals surface area contributed by atoms with Crippen LogP contribution in [0.2, 0.25) is 0 Å². The first-order chi connectivity index (χ1) is 10.9. The summed E-state index contributed by atoms with van der Waals surface area (Å²) < 4.78 is 0. The molecule has 1 aromatic heterocycles. The number of hydrogen-bond acceptors (Lipinski definition) is 1. The fourth-order valence-electron chi connectivity index (χ4n) is 3.29. The SMILES string of the molecule is [CH]1[CH][CH][C](c2nc3c4ccccc4c4ccccc4c3[nH]2)[CH]1. The third kappa shape index (κ3) is 1.64. The number of aromatic amines is 1. The fraction of sp³-hybridized carbons (Fsp3) is 0. The van der Waals surface area contributed by atoms with E-state index in [1.807, 2.05) is 12.8 Å². The lowest BCUT2D eigenvalue weighted by Gasteiger charge is -2.05. The maximum atomic E-state index is 4.88. The summed E-state index contributed by atoms with van der Waals surface area (Å²) in [5, 5.41) is 4.95. The van der Waals surface area contributed by atoms with Gasteiger partial charge in [0, 0.05) is 16.7 Å². The van der Waals surface area contributed by atoms with E-state index < -0.39 is 0 Å². The predicted molar refractivity (Wildman–Crippen MR) is 90.7 cm³/mol. The summed E-state index contributed by atoms with van der Waals surface area (Å²) in [5.41, 5.74) is 2.16. The van der Waals surface area contributed by atoms with E-state index in [0.29, 0.717) is 0 Å². The first kappa shape index (κ1) is 12.2. The molecule has 1 fully saturated rings. The van der Waals surface area contributed by atoms with Crippen molar-refractivity contribution < 1.29 is 0 Å². The summed E-state index contributed by atoms with van der Waals surface area (Å²) in [7, 11) is 0. The van der Waals surface area contributed by atoms with Crippen molar-refractivity contribution in [3.05, 3.63) is 86.0 Å². The van der Waals surface area contributed by atoms with Crippen LogP contribution in [0.4, 0.5) is 0 Å². The van der Waals surface area contributed by atoms with Crippen LogP contribution in [-0.4, -0.2) is 9.97 Å². The monoisotopic (exact) mass is 281 g/mol. The highest BCUT2D eigenvalue weighted by atomic mass is 14.9. The highest BCUT2D eigenvalue weighted by Gasteiger charge is 2.23. The molecule has 1 aliphatic carbocycles. The van der Waals surface area contributed by atoms with Crippen molar-refractivity contribution in [2.75, 3.05) is 0 Å². The maximum Gasteiger partial charge on any atom is 0.115 e. The summed E-state index contributed by atoms with van der Waals surface area (Å²) in [6.07, 6.45) is 8.25. The molecule has 22 heavy (non-hydrogen) atoms. The van der Waals surface area contributed by atoms with Crippen LogP contribution in [-0.2, 0) is 0 Å². The number of hydrogen-bond donors (Lipinski definition) is 1. The van der Waals surface area contributed by atoms with Crippen molar-refractivity contribution >= 4 is 32.6 Å². The van der Waals surface area contributed by atoms with Gasteiger partial charge in [0.1, 0.15) is 5.82 Å². The second-order valence-corrected chi connectivity index (χ2v) is 5.57. The molecule has 0 amide bonds. The van der Waals surface area contributed by atoms with Gasteiger partial charge in [0.15, 0.2) is 0 Å². The highest BCUT2D eigenvalue weighted by Crippen LogP contribution is 2.36. The zero-order valence-electron chi connectivity index (χ0n) is 11.9. The van der Waals surface area contributed by atoms with Crippen LogP contribution in [0.5, 0.6) is 0 Å². The van der Waals surface area contributed by atoms with Crippen LogP contribution in [0.3, 0.4) is 0 Å². The number of nitrogens with one attached hydrogen (secondary N) is 1. The van der Waals surface area contributed by atoms with Gasteiger partial charge in [-0.25, -0.2) is 4.98 Å². The Morgan fingerprint density at radius 1 is 0.682 bits per heavy atom. The minimum absolute atomic E-state index is 0.932. The summed E-state index contributed by atoms with van der Waals surface area (Å²) in [4.78, 5) is 8.40. The Labute approximate surface area is 129 Å². The molecule has 1 aliphatic rings. The zero-order valence-corrected chi connectivity index (χ0v) is 11.9. The molecular formula is C20H13N2. The standard InChI is InChI=1S/C20H13N2/c1-2-8-13(7-1)20-21-18-16-11-5-3-9-14(16)15-10-4-6-12-17(15)19(18)22-20/h1-12H,(H,21,22). The molecule has 3 aromatic carbocycles. The number of fused-ring (bicyclic) bond motifs is 6. The average Bonchev–Trinajstić information content (AvgIpc) is 3.24. The number of nitrogens with zero attached hydrogens (tertiary/aromatic N) is 1. The molecule has 1 heterocycles. The molecule has 5 rings (SSSR count). The zero-order chi connectivity index (χ0) is 14.5. The van der Waals surface area contributed by atoms with Gasteiger partial charge in [-0.1, -0.05) is 48.5 Å². The van der Waals surface area contributed by atoms with E-state index in [0.717, 1.165) is 22.8 Å². The highest BCUT2D eigenvalue weighted by molar-refractivity contribution is 6.23. The lowest BCUT2D eigenvalue weighted by atomic mass is 10.0. The number of benzene rings is 3. The van der Waals surface area contributed by atoms with Crippen molar-refractivity contribution in [1.29, 1.82) is 0 Å². The van der Waals surface area contributed by atoms with Gasteiger partial charge >= 0.3 is 0 Å². The first-order valence-electron chi connectivity index (χ1n) is 7.43. The van der Waals surface area contributed by atoms with Crippen LogP contribution in [0, 0.1) is 31.6 Å². The average molecular weight is 281 g/mol. The molecule has 0 atom stereocenters. The minimum atomic E-state index is 0.932. The number of H-pyrrole nitrogens is 1. The van der Waals surface area contributed by atoms with Gasteiger partial charge in [0.25, 0.3) is 0 Å². The molecule has 4 aromatic rings. The van der Waals surface area contributed by atoms with Crippen LogP contribution in [0.25, 0.3) is 32.6 Å². The first-order valence-corrected chi connectivity index (χ1v) is 7.43. The third-order valence-corrected chi connectivity index (χ3v) is 4.31. The van der Waals surface area contributed by atoms with Crippen molar-refractivity contribution in [1.82, 2.24) is 9.97 Å². The van der Waals surface area contributed by atoms with Crippen molar-refractivity contribution in [3.8, 4) is 0 Å². The van der Waals surface area contributed by atoms with E-state index in [4.69, 9.17) is 4.98 Å². The lowest BCUT2D eigenvalue weighted by molar-refractivity contribution is 1.10. The molecule has 103 valence electrons. The largest absolute Gasteiger partial charge is 0.341 e. The Kier molecular flexibility index (Phi) is 2.54. The minimum Gasteiger partial charge on any atom is -0.341 e. The molecule has 0 aliphatic heterocycles. The maximum absolute atomic E-state index is 4.88. The molecule has 5 radical (unpaired) electrons. The number of rotatable bonds is 1. The molecule has 1 N–H and O–H groups in total. The summed E-state index contributed by atoms with van der Waals surface area (Å²) >= 11 is 0.